The van der Waals surface area contributed by atoms with Crippen molar-refractivity contribution in [2.45, 2.75) is 23.8 Å². The molecule has 2 unspecified atom stereocenters. The third-order valence-electron chi connectivity index (χ3n) is 5.06. The lowest BCUT2D eigenvalue weighted by atomic mass is 9.77. The lowest BCUT2D eigenvalue weighted by Crippen LogP contribution is -2.38. The first-order valence-electron chi connectivity index (χ1n) is 9.91. The lowest BCUT2D eigenvalue weighted by Gasteiger charge is -2.33. The predicted molar refractivity (Wildman–Crippen MR) is 120 cm³/mol. The van der Waals surface area contributed by atoms with Gasteiger partial charge in [-0.1, -0.05) is 48.7 Å². The molecule has 1 aliphatic rings. The van der Waals surface area contributed by atoms with E-state index in [1.807, 2.05) is 30.3 Å². The van der Waals surface area contributed by atoms with Crippen molar-refractivity contribution in [3.8, 4) is 0 Å². The summed E-state index contributed by atoms with van der Waals surface area (Å²) in [5, 5.41) is 3.57. The van der Waals surface area contributed by atoms with Crippen molar-refractivity contribution in [3.05, 3.63) is 94.2 Å². The van der Waals surface area contributed by atoms with Gasteiger partial charge < -0.3 is 15.0 Å². The zero-order chi connectivity index (χ0) is 21.8. The van der Waals surface area contributed by atoms with E-state index < -0.39 is 17.8 Å². The minimum absolute atomic E-state index is 0.238. The van der Waals surface area contributed by atoms with Crippen molar-refractivity contribution < 1.29 is 9.53 Å². The molecule has 0 amide bonds. The number of anilines is 1. The lowest BCUT2D eigenvalue weighted by molar-refractivity contribution is -0.147. The molecule has 0 saturated carbocycles. The monoisotopic (exact) mass is 434 g/mol. The van der Waals surface area contributed by atoms with Crippen LogP contribution in [0.2, 0.25) is 0 Å². The maximum Gasteiger partial charge on any atom is 0.315 e. The van der Waals surface area contributed by atoms with Crippen LogP contribution < -0.4 is 10.9 Å². The molecule has 31 heavy (non-hydrogen) atoms. The second-order valence-corrected chi connectivity index (χ2v) is 8.01. The van der Waals surface area contributed by atoms with Gasteiger partial charge in [-0.15, -0.1) is 0 Å². The summed E-state index contributed by atoms with van der Waals surface area (Å²) in [6, 6.07) is 13.5. The number of thioether (sulfide) groups is 1. The summed E-state index contributed by atoms with van der Waals surface area (Å²) >= 11 is 1.44. The fourth-order valence-electron chi connectivity index (χ4n) is 3.68. The van der Waals surface area contributed by atoms with Crippen molar-refractivity contribution >= 4 is 23.5 Å². The molecule has 0 fully saturated rings. The number of carbonyl (C=O) groups is 1. The average Bonchev–Trinajstić information content (AvgIpc) is 2.78. The van der Waals surface area contributed by atoms with Crippen LogP contribution >= 0.6 is 11.8 Å². The summed E-state index contributed by atoms with van der Waals surface area (Å²) < 4.78 is 5.28. The van der Waals surface area contributed by atoms with Crippen LogP contribution in [0, 0.1) is 5.92 Å². The second kappa shape index (κ2) is 9.18. The Kier molecular flexibility index (Phi) is 6.18. The molecule has 2 N–H and O–H groups in total. The molecule has 0 aliphatic carbocycles. The van der Waals surface area contributed by atoms with Crippen LogP contribution in [0.1, 0.15) is 29.5 Å². The number of H-pyrrole nitrogens is 1. The number of pyridine rings is 1. The van der Waals surface area contributed by atoms with E-state index in [-0.39, 0.29) is 12.2 Å². The van der Waals surface area contributed by atoms with Gasteiger partial charge in [-0.25, -0.2) is 4.98 Å². The molecule has 8 heteroatoms. The maximum atomic E-state index is 13.2. The number of benzene rings is 1. The molecule has 1 aromatic carbocycles. The number of aromatic nitrogens is 3. The van der Waals surface area contributed by atoms with Crippen molar-refractivity contribution in [3.63, 3.8) is 0 Å². The van der Waals surface area contributed by atoms with E-state index in [1.165, 1.54) is 11.8 Å². The molecular weight excluding hydrogens is 412 g/mol. The third-order valence-corrected chi connectivity index (χ3v) is 6.00. The fraction of sp³-hybridized carbons (Fsp3) is 0.217. The number of rotatable bonds is 6. The highest BCUT2D eigenvalue weighted by Gasteiger charge is 2.41. The molecule has 3 heterocycles. The van der Waals surface area contributed by atoms with Crippen LogP contribution in [-0.2, 0) is 15.3 Å². The van der Waals surface area contributed by atoms with Crippen LogP contribution in [0.15, 0.2) is 77.1 Å². The van der Waals surface area contributed by atoms with E-state index in [2.05, 4.69) is 26.8 Å². The Morgan fingerprint density at radius 2 is 1.94 bits per heavy atom. The molecule has 0 spiro atoms. The fourth-order valence-corrected chi connectivity index (χ4v) is 4.49. The summed E-state index contributed by atoms with van der Waals surface area (Å²) in [5.41, 5.74) is 2.44. The van der Waals surface area contributed by atoms with Crippen molar-refractivity contribution in [2.24, 2.45) is 5.92 Å². The molecule has 0 saturated heterocycles. The molecule has 2 aromatic heterocycles. The Hall–Kier alpha value is -3.39. The quantitative estimate of drug-likeness (QED) is 0.347. The Morgan fingerprint density at radius 1 is 1.19 bits per heavy atom. The average molecular weight is 435 g/mol. The maximum absolute atomic E-state index is 13.2. The summed E-state index contributed by atoms with van der Waals surface area (Å²) in [6.07, 6.45) is 3.27. The SMILES string of the molecule is C=C1Nc2nc(SCc3ccccc3)[nH]c(=O)c2C(c2ccncc2)C1C(=O)OCC. The van der Waals surface area contributed by atoms with Gasteiger partial charge in [0.15, 0.2) is 5.16 Å². The van der Waals surface area contributed by atoms with Crippen LogP contribution in [-0.4, -0.2) is 27.5 Å². The first kappa shape index (κ1) is 20.9. The molecule has 0 bridgehead atoms. The Labute approximate surface area is 184 Å². The van der Waals surface area contributed by atoms with Gasteiger partial charge in [-0.05, 0) is 30.2 Å². The first-order valence-corrected chi connectivity index (χ1v) is 10.9. The number of nitrogens with one attached hydrogen (secondary N) is 2. The smallest absolute Gasteiger partial charge is 0.315 e. The van der Waals surface area contributed by atoms with Crippen molar-refractivity contribution in [1.82, 2.24) is 15.0 Å². The third kappa shape index (κ3) is 4.39. The summed E-state index contributed by atoms with van der Waals surface area (Å²) in [7, 11) is 0. The molecule has 1 aliphatic heterocycles. The normalized spacial score (nSPS) is 17.5. The van der Waals surface area contributed by atoms with E-state index in [1.54, 1.807) is 31.5 Å². The largest absolute Gasteiger partial charge is 0.465 e. The molecule has 2 atom stereocenters. The van der Waals surface area contributed by atoms with E-state index in [9.17, 15) is 9.59 Å². The second-order valence-electron chi connectivity index (χ2n) is 7.05. The molecule has 7 nitrogen and oxygen atoms in total. The van der Waals surface area contributed by atoms with Crippen LogP contribution in [0.3, 0.4) is 0 Å². The number of esters is 1. The van der Waals surface area contributed by atoms with Gasteiger partial charge >= 0.3 is 5.97 Å². The van der Waals surface area contributed by atoms with Crippen molar-refractivity contribution in [2.75, 3.05) is 11.9 Å². The highest BCUT2D eigenvalue weighted by atomic mass is 32.2. The minimum Gasteiger partial charge on any atom is -0.465 e. The van der Waals surface area contributed by atoms with Crippen molar-refractivity contribution in [1.29, 1.82) is 0 Å². The number of hydrogen-bond acceptors (Lipinski definition) is 7. The Balaban J connectivity index is 1.74. The van der Waals surface area contributed by atoms with Crippen LogP contribution in [0.5, 0.6) is 0 Å². The summed E-state index contributed by atoms with van der Waals surface area (Å²) in [5.74, 6) is -0.681. The van der Waals surface area contributed by atoms with Gasteiger partial charge in [-0.2, -0.15) is 0 Å². The van der Waals surface area contributed by atoms with Gasteiger partial charge in [0.1, 0.15) is 11.7 Å². The Bertz CT molecular complexity index is 1150. The number of hydrogen-bond donors (Lipinski definition) is 2. The summed E-state index contributed by atoms with van der Waals surface area (Å²) in [6.45, 7) is 6.03. The van der Waals surface area contributed by atoms with Gasteiger partial charge in [0, 0.05) is 29.8 Å². The standard InChI is InChI=1S/C23H22N4O3S/c1-3-30-22(29)17-14(2)25-20-19(18(17)16-9-11-24-12-10-16)21(28)27-23(26-20)31-13-15-7-5-4-6-8-15/h4-12,17-18H,2-3,13H2,1H3,(H2,25,26,27,28). The molecule has 158 valence electrons. The zero-order valence-corrected chi connectivity index (χ0v) is 17.8. The molecular formula is C23H22N4O3S. The zero-order valence-electron chi connectivity index (χ0n) is 17.0. The number of aromatic amines is 1. The predicted octanol–water partition coefficient (Wildman–Crippen LogP) is 3.71. The number of ether oxygens (including phenoxy) is 1. The van der Waals surface area contributed by atoms with E-state index >= 15 is 0 Å². The molecule has 4 rings (SSSR count). The highest BCUT2D eigenvalue weighted by molar-refractivity contribution is 7.98. The highest BCUT2D eigenvalue weighted by Crippen LogP contribution is 2.42. The summed E-state index contributed by atoms with van der Waals surface area (Å²) in [4.78, 5) is 37.5. The van der Waals surface area contributed by atoms with Gasteiger partial charge in [0.05, 0.1) is 12.2 Å². The topological polar surface area (TPSA) is 97.0 Å². The Morgan fingerprint density at radius 3 is 2.65 bits per heavy atom. The van der Waals surface area contributed by atoms with E-state index in [0.29, 0.717) is 28.0 Å². The minimum atomic E-state index is -0.749. The van der Waals surface area contributed by atoms with Gasteiger partial charge in [0.2, 0.25) is 0 Å². The molecule has 0 radical (unpaired) electrons. The van der Waals surface area contributed by atoms with Gasteiger partial charge in [0.25, 0.3) is 5.56 Å². The van der Waals surface area contributed by atoms with E-state index in [4.69, 9.17) is 4.74 Å². The molecule has 3 aromatic rings. The number of fused-ring (bicyclic) bond motifs is 1. The van der Waals surface area contributed by atoms with Gasteiger partial charge in [-0.3, -0.25) is 14.6 Å². The van der Waals surface area contributed by atoms with E-state index in [0.717, 1.165) is 11.1 Å². The van der Waals surface area contributed by atoms with Crippen LogP contribution in [0.25, 0.3) is 0 Å². The number of nitrogens with zero attached hydrogens (tertiary/aromatic N) is 2. The first-order chi connectivity index (χ1) is 15.1. The number of carbonyl (C=O) groups excluding carboxylic acids is 1. The van der Waals surface area contributed by atoms with Crippen LogP contribution in [0.4, 0.5) is 5.82 Å².